The van der Waals surface area contributed by atoms with Gasteiger partial charge >= 0.3 is 0 Å². The van der Waals surface area contributed by atoms with Crippen LogP contribution in [-0.2, 0) is 4.79 Å². The molecule has 2 rings (SSSR count). The van der Waals surface area contributed by atoms with Gasteiger partial charge in [-0.15, -0.1) is 5.92 Å². The molecule has 3 nitrogen and oxygen atoms in total. The molecule has 98 valence electrons. The minimum absolute atomic E-state index is 0.0644. The van der Waals surface area contributed by atoms with E-state index in [2.05, 4.69) is 16.9 Å². The Morgan fingerprint density at radius 2 is 2.11 bits per heavy atom. The largest absolute Gasteiger partial charge is 0.273 e. The zero-order valence-corrected chi connectivity index (χ0v) is 10.8. The molecule has 1 aliphatic rings. The van der Waals surface area contributed by atoms with E-state index in [0.717, 1.165) is 6.42 Å². The van der Waals surface area contributed by atoms with Crippen molar-refractivity contribution < 1.29 is 9.18 Å². The minimum atomic E-state index is -0.310. The van der Waals surface area contributed by atoms with Gasteiger partial charge in [0.05, 0.1) is 5.71 Å². The molecule has 0 saturated heterocycles. The van der Waals surface area contributed by atoms with Gasteiger partial charge < -0.3 is 0 Å². The van der Waals surface area contributed by atoms with Crippen molar-refractivity contribution >= 4 is 11.6 Å². The smallest absolute Gasteiger partial charge is 0.243 e. The lowest BCUT2D eigenvalue weighted by Crippen LogP contribution is -2.32. The normalized spacial score (nSPS) is 14.7. The van der Waals surface area contributed by atoms with Crippen LogP contribution in [0.1, 0.15) is 31.7 Å². The molecule has 0 atom stereocenters. The van der Waals surface area contributed by atoms with Crippen LogP contribution in [-0.4, -0.2) is 23.2 Å². The summed E-state index contributed by atoms with van der Waals surface area (Å²) in [6.45, 7) is 2.21. The summed E-state index contributed by atoms with van der Waals surface area (Å²) in [5, 5.41) is 5.55. The molecule has 0 N–H and O–H groups in total. The van der Waals surface area contributed by atoms with Gasteiger partial charge in [0.25, 0.3) is 0 Å². The topological polar surface area (TPSA) is 32.7 Å². The summed E-state index contributed by atoms with van der Waals surface area (Å²) in [5.74, 6) is 5.40. The van der Waals surface area contributed by atoms with Gasteiger partial charge in [-0.3, -0.25) is 4.79 Å². The molecule has 0 spiro atoms. The Morgan fingerprint density at radius 1 is 1.32 bits per heavy atom. The fourth-order valence-electron chi connectivity index (χ4n) is 1.87. The summed E-state index contributed by atoms with van der Waals surface area (Å²) < 4.78 is 13.7. The number of hydrazone groups is 1. The Morgan fingerprint density at radius 3 is 2.84 bits per heavy atom. The lowest BCUT2D eigenvalue weighted by Gasteiger charge is -2.21. The molecule has 1 heterocycles. The maximum absolute atomic E-state index is 13.7. The predicted molar refractivity (Wildman–Crippen MR) is 72.0 cm³/mol. The molecule has 1 amide bonds. The van der Waals surface area contributed by atoms with Gasteiger partial charge in [0.1, 0.15) is 12.4 Å². The molecule has 19 heavy (non-hydrogen) atoms. The first-order valence-electron chi connectivity index (χ1n) is 6.31. The van der Waals surface area contributed by atoms with E-state index in [4.69, 9.17) is 0 Å². The van der Waals surface area contributed by atoms with Crippen LogP contribution in [0.2, 0.25) is 0 Å². The zero-order chi connectivity index (χ0) is 13.7. The standard InChI is InChI=1S/C15H15FN2O/c1-2-3-6-11-18-15(19)10-9-14(17-18)12-7-4-5-8-13(12)16/h4-5,7-8H,2,9-11H2,1H3. The molecule has 0 aliphatic carbocycles. The van der Waals surface area contributed by atoms with Gasteiger partial charge in [-0.05, 0) is 6.07 Å². The van der Waals surface area contributed by atoms with E-state index in [1.54, 1.807) is 18.2 Å². The summed E-state index contributed by atoms with van der Waals surface area (Å²) >= 11 is 0. The van der Waals surface area contributed by atoms with Gasteiger partial charge in [-0.2, -0.15) is 5.10 Å². The van der Waals surface area contributed by atoms with Crippen LogP contribution in [0.3, 0.4) is 0 Å². The third kappa shape index (κ3) is 3.19. The second-order valence-electron chi connectivity index (χ2n) is 4.19. The second kappa shape index (κ2) is 6.14. The highest BCUT2D eigenvalue weighted by atomic mass is 19.1. The molecule has 1 aromatic carbocycles. The molecule has 1 aromatic rings. The summed E-state index contributed by atoms with van der Waals surface area (Å²) in [7, 11) is 0. The number of hydrogen-bond acceptors (Lipinski definition) is 2. The zero-order valence-electron chi connectivity index (χ0n) is 10.8. The Labute approximate surface area is 112 Å². The number of hydrogen-bond donors (Lipinski definition) is 0. The van der Waals surface area contributed by atoms with Gasteiger partial charge in [-0.1, -0.05) is 31.0 Å². The first kappa shape index (κ1) is 13.3. The number of benzene rings is 1. The van der Waals surface area contributed by atoms with E-state index in [1.807, 2.05) is 6.92 Å². The maximum atomic E-state index is 13.7. The van der Waals surface area contributed by atoms with Crippen LogP contribution < -0.4 is 0 Å². The van der Waals surface area contributed by atoms with Gasteiger partial charge in [0.15, 0.2) is 0 Å². The molecular formula is C15H15FN2O. The SMILES string of the molecule is CCC#CCN1N=C(c2ccccc2F)CCC1=O. The van der Waals surface area contributed by atoms with E-state index in [0.29, 0.717) is 24.1 Å². The summed E-state index contributed by atoms with van der Waals surface area (Å²) in [4.78, 5) is 11.7. The molecule has 4 heteroatoms. The molecule has 0 bridgehead atoms. The Balaban J connectivity index is 2.24. The van der Waals surface area contributed by atoms with Crippen LogP contribution in [0, 0.1) is 17.7 Å². The van der Waals surface area contributed by atoms with Crippen molar-refractivity contribution in [3.8, 4) is 11.8 Å². The fraction of sp³-hybridized carbons (Fsp3) is 0.333. The Bertz CT molecular complexity index is 569. The van der Waals surface area contributed by atoms with Crippen LogP contribution >= 0.6 is 0 Å². The molecule has 0 radical (unpaired) electrons. The summed E-state index contributed by atoms with van der Waals surface area (Å²) in [6.07, 6.45) is 1.56. The molecule has 0 saturated carbocycles. The van der Waals surface area contributed by atoms with Gasteiger partial charge in [-0.25, -0.2) is 9.40 Å². The molecule has 0 unspecified atom stereocenters. The third-order valence-electron chi connectivity index (χ3n) is 2.82. The van der Waals surface area contributed by atoms with Crippen molar-refractivity contribution in [3.05, 3.63) is 35.6 Å². The highest BCUT2D eigenvalue weighted by Crippen LogP contribution is 2.17. The first-order valence-corrected chi connectivity index (χ1v) is 6.31. The molecular weight excluding hydrogens is 243 g/mol. The van der Waals surface area contributed by atoms with E-state index in [1.165, 1.54) is 11.1 Å². The number of nitrogens with zero attached hydrogens (tertiary/aromatic N) is 2. The van der Waals surface area contributed by atoms with Crippen molar-refractivity contribution in [1.29, 1.82) is 0 Å². The maximum Gasteiger partial charge on any atom is 0.243 e. The Hall–Kier alpha value is -2.15. The van der Waals surface area contributed by atoms with Crippen molar-refractivity contribution in [1.82, 2.24) is 5.01 Å². The lowest BCUT2D eigenvalue weighted by molar-refractivity contribution is -0.131. The van der Waals surface area contributed by atoms with Gasteiger partial charge in [0, 0.05) is 24.8 Å². The minimum Gasteiger partial charge on any atom is -0.273 e. The average Bonchev–Trinajstić information content (AvgIpc) is 2.42. The average molecular weight is 258 g/mol. The van der Waals surface area contributed by atoms with Crippen LogP contribution in [0.4, 0.5) is 4.39 Å². The number of amides is 1. The lowest BCUT2D eigenvalue weighted by atomic mass is 10.0. The Kier molecular flexibility index (Phi) is 4.30. The predicted octanol–water partition coefficient (Wildman–Crippen LogP) is 2.57. The number of carbonyl (C=O) groups excluding carboxylic acids is 1. The molecule has 0 aromatic heterocycles. The first-order chi connectivity index (χ1) is 9.22. The van der Waals surface area contributed by atoms with Crippen molar-refractivity contribution in [2.24, 2.45) is 5.10 Å². The van der Waals surface area contributed by atoms with E-state index >= 15 is 0 Å². The fourth-order valence-corrected chi connectivity index (χ4v) is 1.87. The van der Waals surface area contributed by atoms with Crippen LogP contribution in [0.15, 0.2) is 29.4 Å². The monoisotopic (exact) mass is 258 g/mol. The quantitative estimate of drug-likeness (QED) is 0.750. The van der Waals surface area contributed by atoms with E-state index < -0.39 is 0 Å². The summed E-state index contributed by atoms with van der Waals surface area (Å²) in [6, 6.07) is 6.48. The number of carbonyl (C=O) groups is 1. The van der Waals surface area contributed by atoms with Crippen molar-refractivity contribution in [2.75, 3.05) is 6.54 Å². The highest BCUT2D eigenvalue weighted by Gasteiger charge is 2.21. The van der Waals surface area contributed by atoms with Crippen molar-refractivity contribution in [2.45, 2.75) is 26.2 Å². The molecule has 1 aliphatic heterocycles. The van der Waals surface area contributed by atoms with E-state index in [9.17, 15) is 9.18 Å². The van der Waals surface area contributed by atoms with E-state index in [-0.39, 0.29) is 18.3 Å². The van der Waals surface area contributed by atoms with Gasteiger partial charge in [0.2, 0.25) is 5.91 Å². The van der Waals surface area contributed by atoms with Crippen LogP contribution in [0.25, 0.3) is 0 Å². The second-order valence-corrected chi connectivity index (χ2v) is 4.19. The third-order valence-corrected chi connectivity index (χ3v) is 2.82. The highest BCUT2D eigenvalue weighted by molar-refractivity contribution is 6.04. The summed E-state index contributed by atoms with van der Waals surface area (Å²) in [5.41, 5.74) is 1.07. The number of halogens is 1. The molecule has 0 fully saturated rings. The number of rotatable bonds is 2. The van der Waals surface area contributed by atoms with Crippen LogP contribution in [0.5, 0.6) is 0 Å². The van der Waals surface area contributed by atoms with Crippen molar-refractivity contribution in [3.63, 3.8) is 0 Å².